The Morgan fingerprint density at radius 1 is 1.02 bits per heavy atom. The minimum Gasteiger partial charge on any atom is -0.497 e. The van der Waals surface area contributed by atoms with Gasteiger partial charge in [-0.05, 0) is 122 Å². The Bertz CT molecular complexity index is 1310. The molecule has 0 radical (unpaired) electrons. The fourth-order valence-corrected chi connectivity index (χ4v) is 9.34. The summed E-state index contributed by atoms with van der Waals surface area (Å²) in [7, 11) is 0.0288. The molecule has 1 N–H and O–H groups in total. The molecule has 5 heteroatoms. The van der Waals surface area contributed by atoms with Crippen molar-refractivity contribution in [3.05, 3.63) is 59.2 Å². The van der Waals surface area contributed by atoms with Crippen molar-refractivity contribution >= 4 is 19.7 Å². The van der Waals surface area contributed by atoms with E-state index in [-0.39, 0.29) is 23.5 Å². The van der Waals surface area contributed by atoms with E-state index in [0.29, 0.717) is 5.92 Å². The second-order valence-electron chi connectivity index (χ2n) is 15.1. The summed E-state index contributed by atoms with van der Waals surface area (Å²) < 4.78 is 5.61. The molecule has 5 aliphatic rings. The van der Waals surface area contributed by atoms with Crippen LogP contribution in [0.4, 0.5) is 5.69 Å². The molecule has 1 amide bonds. The topological polar surface area (TPSA) is 41.6 Å². The van der Waals surface area contributed by atoms with Gasteiger partial charge in [-0.2, -0.15) is 0 Å². The number of ether oxygens (including phenoxy) is 1. The van der Waals surface area contributed by atoms with Crippen molar-refractivity contribution < 1.29 is 9.53 Å². The van der Waals surface area contributed by atoms with Crippen LogP contribution < -0.4 is 10.1 Å². The first-order valence-electron chi connectivity index (χ1n) is 15.9. The molecule has 0 spiro atoms. The van der Waals surface area contributed by atoms with Gasteiger partial charge in [-0.15, -0.1) is 5.54 Å². The van der Waals surface area contributed by atoms with Crippen LogP contribution in [0.25, 0.3) is 0 Å². The first kappa shape index (κ1) is 28.4. The molecule has 41 heavy (non-hydrogen) atoms. The van der Waals surface area contributed by atoms with Crippen LogP contribution in [0.3, 0.4) is 0 Å². The number of nitrogens with zero attached hydrogens (tertiary/aromatic N) is 1. The van der Waals surface area contributed by atoms with Crippen LogP contribution in [0.2, 0.25) is 19.6 Å². The number of rotatable bonds is 6. The van der Waals surface area contributed by atoms with Crippen LogP contribution in [0, 0.1) is 35.1 Å². The number of carbonyl (C=O) groups is 1. The van der Waals surface area contributed by atoms with Crippen molar-refractivity contribution in [2.24, 2.45) is 23.7 Å². The molecule has 2 aromatic rings. The minimum atomic E-state index is -1.70. The lowest BCUT2D eigenvalue weighted by atomic mass is 9.53. The number of hydrogen-bond acceptors (Lipinski definition) is 3. The van der Waals surface area contributed by atoms with E-state index in [1.54, 1.807) is 7.11 Å². The molecule has 0 saturated heterocycles. The fraction of sp³-hybridized carbons (Fsp3) is 0.583. The summed E-state index contributed by atoms with van der Waals surface area (Å²) in [5.41, 5.74) is 8.48. The molecule has 4 nitrogen and oxygen atoms in total. The smallest absolute Gasteiger partial charge is 0.298 e. The third kappa shape index (κ3) is 5.96. The van der Waals surface area contributed by atoms with Gasteiger partial charge in [-0.3, -0.25) is 4.79 Å². The number of anilines is 1. The van der Waals surface area contributed by atoms with E-state index >= 15 is 0 Å². The number of carbonyl (C=O) groups excluding carboxylic acids is 1. The molecule has 0 unspecified atom stereocenters. The maximum atomic E-state index is 14.0. The molecular weight excluding hydrogens is 520 g/mol. The molecule has 218 valence electrons. The SMILES string of the molecule is COc1ccc2c(c1)C[C@H](CC(C)C)N(C(=O)C#C[Si](C)(C)C)[C@H]2c1ccc(NC23CC4CC(CC(C4)C2)C3)cc1. The predicted octanol–water partition coefficient (Wildman–Crippen LogP) is 7.85. The zero-order valence-corrected chi connectivity index (χ0v) is 26.9. The van der Waals surface area contributed by atoms with Gasteiger partial charge in [0.25, 0.3) is 5.91 Å². The second kappa shape index (κ2) is 10.8. The number of benzene rings is 2. The summed E-state index contributed by atoms with van der Waals surface area (Å²) in [6.45, 7) is 11.1. The molecule has 2 atom stereocenters. The molecule has 4 bridgehead atoms. The van der Waals surface area contributed by atoms with E-state index in [1.165, 1.54) is 55.3 Å². The normalized spacial score (nSPS) is 30.0. The summed E-state index contributed by atoms with van der Waals surface area (Å²) in [5.74, 6) is 7.16. The summed E-state index contributed by atoms with van der Waals surface area (Å²) >= 11 is 0. The van der Waals surface area contributed by atoms with Gasteiger partial charge in [0.15, 0.2) is 0 Å². The van der Waals surface area contributed by atoms with E-state index in [0.717, 1.165) is 41.9 Å². The Labute approximate surface area is 248 Å². The molecule has 1 aliphatic heterocycles. The third-order valence-corrected chi connectivity index (χ3v) is 10.8. The van der Waals surface area contributed by atoms with Gasteiger partial charge in [0, 0.05) is 17.3 Å². The lowest BCUT2D eigenvalue weighted by Crippen LogP contribution is -2.54. The molecule has 4 aliphatic carbocycles. The molecule has 7 rings (SSSR count). The van der Waals surface area contributed by atoms with Crippen molar-refractivity contribution in [1.29, 1.82) is 0 Å². The molecule has 2 aromatic carbocycles. The average Bonchev–Trinajstić information content (AvgIpc) is 2.89. The fourth-order valence-electron chi connectivity index (χ4n) is 8.85. The second-order valence-corrected chi connectivity index (χ2v) is 19.9. The average molecular weight is 569 g/mol. The summed E-state index contributed by atoms with van der Waals surface area (Å²) in [4.78, 5) is 16.1. The van der Waals surface area contributed by atoms with E-state index in [2.05, 4.69) is 91.6 Å². The summed E-state index contributed by atoms with van der Waals surface area (Å²) in [6.07, 6.45) is 10.1. The van der Waals surface area contributed by atoms with E-state index < -0.39 is 8.07 Å². The van der Waals surface area contributed by atoms with Crippen LogP contribution >= 0.6 is 0 Å². The zero-order valence-electron chi connectivity index (χ0n) is 25.9. The van der Waals surface area contributed by atoms with Crippen molar-refractivity contribution in [1.82, 2.24) is 4.90 Å². The van der Waals surface area contributed by atoms with Gasteiger partial charge in [0.1, 0.15) is 13.8 Å². The standard InChI is InChI=1S/C36H48N2O2Si/c1-24(2)15-31-19-29-20-32(40-3)11-12-33(29)35(38(31)34(39)13-14-41(4,5)6)28-7-9-30(10-8-28)37-36-21-25-16-26(22-36)18-27(17-25)23-36/h7-12,20,24-27,31,35,37H,15-19,21-23H2,1-6H3/t25?,26?,27?,31-,35-,36?/m0/s1. The van der Waals surface area contributed by atoms with E-state index in [4.69, 9.17) is 4.74 Å². The first-order valence-corrected chi connectivity index (χ1v) is 19.4. The first-order chi connectivity index (χ1) is 19.5. The van der Waals surface area contributed by atoms with E-state index in [1.807, 2.05) is 6.07 Å². The monoisotopic (exact) mass is 568 g/mol. The van der Waals surface area contributed by atoms with Crippen LogP contribution in [-0.4, -0.2) is 37.6 Å². The maximum Gasteiger partial charge on any atom is 0.298 e. The van der Waals surface area contributed by atoms with Gasteiger partial charge in [-0.1, -0.05) is 51.7 Å². The number of hydrogen-bond donors (Lipinski definition) is 1. The minimum absolute atomic E-state index is 0.0414. The van der Waals surface area contributed by atoms with Crippen molar-refractivity contribution in [3.8, 4) is 17.2 Å². The molecule has 4 fully saturated rings. The van der Waals surface area contributed by atoms with Gasteiger partial charge >= 0.3 is 0 Å². The van der Waals surface area contributed by atoms with Crippen molar-refractivity contribution in [3.63, 3.8) is 0 Å². The molecule has 1 heterocycles. The van der Waals surface area contributed by atoms with Gasteiger partial charge in [-0.25, -0.2) is 0 Å². The number of methoxy groups -OCH3 is 1. The maximum absolute atomic E-state index is 14.0. The lowest BCUT2D eigenvalue weighted by Gasteiger charge is -2.57. The Morgan fingerprint density at radius 3 is 2.22 bits per heavy atom. The predicted molar refractivity (Wildman–Crippen MR) is 171 cm³/mol. The Kier molecular flexibility index (Phi) is 7.51. The molecular formula is C36H48N2O2Si. The summed E-state index contributed by atoms with van der Waals surface area (Å²) in [5, 5.41) is 4.04. The Balaban J connectivity index is 1.35. The summed E-state index contributed by atoms with van der Waals surface area (Å²) in [6, 6.07) is 15.3. The highest BCUT2D eigenvalue weighted by Crippen LogP contribution is 2.56. The number of fused-ring (bicyclic) bond motifs is 1. The van der Waals surface area contributed by atoms with Gasteiger partial charge in [0.05, 0.1) is 13.2 Å². The van der Waals surface area contributed by atoms with Gasteiger partial charge < -0.3 is 15.0 Å². The zero-order chi connectivity index (χ0) is 28.9. The van der Waals surface area contributed by atoms with E-state index in [9.17, 15) is 4.79 Å². The largest absolute Gasteiger partial charge is 0.497 e. The lowest BCUT2D eigenvalue weighted by molar-refractivity contribution is -0.130. The van der Waals surface area contributed by atoms with Crippen molar-refractivity contribution in [2.45, 2.75) is 102 Å². The third-order valence-electron chi connectivity index (χ3n) is 9.97. The highest BCUT2D eigenvalue weighted by atomic mass is 28.3. The number of nitrogens with one attached hydrogen (secondary N) is 1. The Hall–Kier alpha value is -2.71. The van der Waals surface area contributed by atoms with Crippen molar-refractivity contribution in [2.75, 3.05) is 12.4 Å². The Morgan fingerprint density at radius 2 is 1.66 bits per heavy atom. The molecule has 4 saturated carbocycles. The highest BCUT2D eigenvalue weighted by molar-refractivity contribution is 6.84. The van der Waals surface area contributed by atoms with Crippen LogP contribution in [0.5, 0.6) is 5.75 Å². The quantitative estimate of drug-likeness (QED) is 0.285. The van der Waals surface area contributed by atoms with Gasteiger partial charge in [0.2, 0.25) is 0 Å². The highest BCUT2D eigenvalue weighted by Gasteiger charge is 2.51. The van der Waals surface area contributed by atoms with Crippen LogP contribution in [0.1, 0.15) is 81.5 Å². The molecule has 0 aromatic heterocycles. The van der Waals surface area contributed by atoms with Crippen LogP contribution in [-0.2, 0) is 11.2 Å². The number of amides is 1. The van der Waals surface area contributed by atoms with Crippen LogP contribution in [0.15, 0.2) is 42.5 Å².